The predicted octanol–water partition coefficient (Wildman–Crippen LogP) is 3.08. The molecule has 2 N–H and O–H groups in total. The summed E-state index contributed by atoms with van der Waals surface area (Å²) in [5, 5.41) is 6.78. The molecule has 1 aliphatic rings. The van der Waals surface area contributed by atoms with E-state index in [-0.39, 0.29) is 24.0 Å². The van der Waals surface area contributed by atoms with Gasteiger partial charge >= 0.3 is 0 Å². The van der Waals surface area contributed by atoms with Crippen LogP contribution in [-0.4, -0.2) is 50.6 Å². The third-order valence-corrected chi connectivity index (χ3v) is 4.19. The first kappa shape index (κ1) is 21.0. The molecule has 0 aliphatic heterocycles. The molecule has 0 aromatic heterocycles. The lowest BCUT2D eigenvalue weighted by molar-refractivity contribution is 0.194. The number of aliphatic imine (C=N–C) groups is 1. The second-order valence-electron chi connectivity index (χ2n) is 6.38. The summed E-state index contributed by atoms with van der Waals surface area (Å²) in [4.78, 5) is 6.78. The van der Waals surface area contributed by atoms with E-state index in [4.69, 9.17) is 0 Å². The lowest BCUT2D eigenvalue weighted by Crippen LogP contribution is -2.43. The minimum absolute atomic E-state index is 0. The van der Waals surface area contributed by atoms with E-state index in [2.05, 4.69) is 41.4 Å². The number of rotatable bonds is 7. The van der Waals surface area contributed by atoms with Crippen LogP contribution in [0.15, 0.2) is 4.99 Å². The Labute approximate surface area is 148 Å². The van der Waals surface area contributed by atoms with Crippen LogP contribution in [0.4, 0.5) is 0 Å². The minimum Gasteiger partial charge on any atom is -0.356 e. The molecule has 0 unspecified atom stereocenters. The summed E-state index contributed by atoms with van der Waals surface area (Å²) in [5.74, 6) is 1.67. The summed E-state index contributed by atoms with van der Waals surface area (Å²) in [7, 11) is 4.10. The van der Waals surface area contributed by atoms with Crippen LogP contribution >= 0.6 is 24.0 Å². The molecule has 1 aliphatic carbocycles. The van der Waals surface area contributed by atoms with Crippen molar-refractivity contribution in [2.24, 2.45) is 10.9 Å². The number of halogens is 1. The topological polar surface area (TPSA) is 39.7 Å². The molecule has 1 saturated carbocycles. The highest BCUT2D eigenvalue weighted by molar-refractivity contribution is 14.0. The van der Waals surface area contributed by atoms with E-state index >= 15 is 0 Å². The number of likely N-dealkylation sites (N-methyl/N-ethyl adjacent to an activating group) is 1. The quantitative estimate of drug-likeness (QED) is 0.385. The molecule has 0 spiro atoms. The summed E-state index contributed by atoms with van der Waals surface area (Å²) < 4.78 is 0. The summed E-state index contributed by atoms with van der Waals surface area (Å²) in [6, 6.07) is 0.793. The lowest BCUT2D eigenvalue weighted by atomic mass is 9.94. The SMILES string of the molecule is CN=C(NCCC(C)C)NCCN(C)C1CCCCC1.I. The molecule has 0 saturated heterocycles. The molecule has 0 aromatic rings. The maximum atomic E-state index is 4.27. The van der Waals surface area contributed by atoms with Gasteiger partial charge in [-0.15, -0.1) is 24.0 Å². The highest BCUT2D eigenvalue weighted by Gasteiger charge is 2.17. The van der Waals surface area contributed by atoms with Crippen LogP contribution in [0.3, 0.4) is 0 Å². The van der Waals surface area contributed by atoms with E-state index in [9.17, 15) is 0 Å². The maximum Gasteiger partial charge on any atom is 0.191 e. The van der Waals surface area contributed by atoms with E-state index in [1.807, 2.05) is 7.05 Å². The summed E-state index contributed by atoms with van der Waals surface area (Å²) in [6.07, 6.45) is 8.16. The number of guanidine groups is 1. The summed E-state index contributed by atoms with van der Waals surface area (Å²) in [6.45, 7) is 7.55. The molecule has 1 rings (SSSR count). The number of hydrogen-bond acceptors (Lipinski definition) is 2. The zero-order chi connectivity index (χ0) is 14.8. The molecule has 126 valence electrons. The molecular formula is C16H35IN4. The zero-order valence-electron chi connectivity index (χ0n) is 14.3. The van der Waals surface area contributed by atoms with E-state index in [1.165, 1.54) is 38.5 Å². The molecule has 0 bridgehead atoms. The Morgan fingerprint density at radius 3 is 2.33 bits per heavy atom. The molecule has 0 radical (unpaired) electrons. The van der Waals surface area contributed by atoms with Crippen molar-refractivity contribution in [3.8, 4) is 0 Å². The van der Waals surface area contributed by atoms with Gasteiger partial charge in [0.05, 0.1) is 0 Å². The van der Waals surface area contributed by atoms with Crippen LogP contribution in [0.25, 0.3) is 0 Å². The normalized spacial score (nSPS) is 17.0. The average molecular weight is 410 g/mol. The Balaban J connectivity index is 0.00000400. The van der Waals surface area contributed by atoms with E-state index in [0.717, 1.165) is 37.6 Å². The van der Waals surface area contributed by atoms with Crippen LogP contribution in [0.2, 0.25) is 0 Å². The van der Waals surface area contributed by atoms with Gasteiger partial charge in [-0.1, -0.05) is 33.1 Å². The van der Waals surface area contributed by atoms with Crippen molar-refractivity contribution in [1.29, 1.82) is 0 Å². The average Bonchev–Trinajstić information content (AvgIpc) is 2.46. The van der Waals surface area contributed by atoms with Crippen LogP contribution in [0, 0.1) is 5.92 Å². The summed E-state index contributed by atoms with van der Waals surface area (Å²) >= 11 is 0. The van der Waals surface area contributed by atoms with Gasteiger partial charge in [-0.25, -0.2) is 0 Å². The molecule has 21 heavy (non-hydrogen) atoms. The maximum absolute atomic E-state index is 4.27. The second kappa shape index (κ2) is 12.5. The van der Waals surface area contributed by atoms with Crippen molar-refractivity contribution in [3.63, 3.8) is 0 Å². The summed E-state index contributed by atoms with van der Waals surface area (Å²) in [5.41, 5.74) is 0. The number of nitrogens with one attached hydrogen (secondary N) is 2. The van der Waals surface area contributed by atoms with Crippen LogP contribution in [0.5, 0.6) is 0 Å². The highest BCUT2D eigenvalue weighted by Crippen LogP contribution is 2.21. The fourth-order valence-electron chi connectivity index (χ4n) is 2.75. The first-order valence-corrected chi connectivity index (χ1v) is 8.28. The van der Waals surface area contributed by atoms with E-state index in [1.54, 1.807) is 0 Å². The first-order valence-electron chi connectivity index (χ1n) is 8.28. The Kier molecular flexibility index (Phi) is 12.5. The molecule has 0 aromatic carbocycles. The van der Waals surface area contributed by atoms with Crippen LogP contribution in [0.1, 0.15) is 52.4 Å². The van der Waals surface area contributed by atoms with Crippen molar-refractivity contribution < 1.29 is 0 Å². The van der Waals surface area contributed by atoms with Gasteiger partial charge in [0.15, 0.2) is 5.96 Å². The molecule has 4 nitrogen and oxygen atoms in total. The van der Waals surface area contributed by atoms with Gasteiger partial charge < -0.3 is 15.5 Å². The Morgan fingerprint density at radius 1 is 1.14 bits per heavy atom. The Bertz CT molecular complexity index is 275. The van der Waals surface area contributed by atoms with Crippen LogP contribution < -0.4 is 10.6 Å². The van der Waals surface area contributed by atoms with Crippen molar-refractivity contribution >= 4 is 29.9 Å². The molecular weight excluding hydrogens is 375 g/mol. The molecule has 5 heteroatoms. The van der Waals surface area contributed by atoms with Gasteiger partial charge in [-0.05, 0) is 32.2 Å². The number of nitrogens with zero attached hydrogens (tertiary/aromatic N) is 2. The van der Waals surface area contributed by atoms with Crippen LogP contribution in [-0.2, 0) is 0 Å². The molecule has 0 amide bonds. The zero-order valence-corrected chi connectivity index (χ0v) is 16.7. The van der Waals surface area contributed by atoms with E-state index in [0.29, 0.717) is 0 Å². The predicted molar refractivity (Wildman–Crippen MR) is 104 cm³/mol. The third kappa shape index (κ3) is 9.55. The third-order valence-electron chi connectivity index (χ3n) is 4.19. The fourth-order valence-corrected chi connectivity index (χ4v) is 2.75. The highest BCUT2D eigenvalue weighted by atomic mass is 127. The van der Waals surface area contributed by atoms with Gasteiger partial charge in [-0.3, -0.25) is 4.99 Å². The molecule has 0 heterocycles. The first-order chi connectivity index (χ1) is 9.63. The van der Waals surface area contributed by atoms with Gasteiger partial charge in [0.25, 0.3) is 0 Å². The van der Waals surface area contributed by atoms with Gasteiger partial charge in [0.2, 0.25) is 0 Å². The van der Waals surface area contributed by atoms with Gasteiger partial charge in [0, 0.05) is 32.7 Å². The Morgan fingerprint density at radius 2 is 1.76 bits per heavy atom. The van der Waals surface area contributed by atoms with Crippen molar-refractivity contribution in [2.75, 3.05) is 33.7 Å². The van der Waals surface area contributed by atoms with Crippen molar-refractivity contribution in [1.82, 2.24) is 15.5 Å². The molecule has 0 atom stereocenters. The van der Waals surface area contributed by atoms with Crippen molar-refractivity contribution in [2.45, 2.75) is 58.4 Å². The molecule has 1 fully saturated rings. The van der Waals surface area contributed by atoms with Crippen molar-refractivity contribution in [3.05, 3.63) is 0 Å². The van der Waals surface area contributed by atoms with Gasteiger partial charge in [-0.2, -0.15) is 0 Å². The monoisotopic (exact) mass is 410 g/mol. The lowest BCUT2D eigenvalue weighted by Gasteiger charge is -2.31. The van der Waals surface area contributed by atoms with E-state index < -0.39 is 0 Å². The largest absolute Gasteiger partial charge is 0.356 e. The minimum atomic E-state index is 0. The standard InChI is InChI=1S/C16H34N4.HI/c1-14(2)10-11-18-16(17-3)19-12-13-20(4)15-8-6-5-7-9-15;/h14-15H,5-13H2,1-4H3,(H2,17,18,19);1H. The fraction of sp³-hybridized carbons (Fsp3) is 0.938. The smallest absolute Gasteiger partial charge is 0.191 e. The second-order valence-corrected chi connectivity index (χ2v) is 6.38. The van der Waals surface area contributed by atoms with Gasteiger partial charge in [0.1, 0.15) is 0 Å². The Hall–Kier alpha value is -0.0400. The number of hydrogen-bond donors (Lipinski definition) is 2.